The fourth-order valence-electron chi connectivity index (χ4n) is 4.94. The zero-order chi connectivity index (χ0) is 25.8. The molecule has 1 amide bonds. The maximum absolute atomic E-state index is 13.3. The number of carbonyl (C=O) groups excluding carboxylic acids is 1. The number of rotatable bonds is 9. The Morgan fingerprint density at radius 2 is 1.84 bits per heavy atom. The molecule has 8 nitrogen and oxygen atoms in total. The van der Waals surface area contributed by atoms with Crippen LogP contribution >= 0.6 is 0 Å². The van der Waals surface area contributed by atoms with Crippen LogP contribution in [0.15, 0.2) is 56.1 Å². The Kier molecular flexibility index (Phi) is 7.58. The zero-order valence-electron chi connectivity index (χ0n) is 21.1. The first-order chi connectivity index (χ1) is 18.0. The number of benzene rings is 2. The van der Waals surface area contributed by atoms with Crippen LogP contribution < -0.4 is 15.7 Å². The molecule has 1 aliphatic carbocycles. The second-order valence-electron chi connectivity index (χ2n) is 9.41. The molecule has 1 N–H and O–H groups in total. The summed E-state index contributed by atoms with van der Waals surface area (Å²) < 4.78 is 28.3. The molecule has 2 aromatic heterocycles. The second-order valence-corrected chi connectivity index (χ2v) is 9.41. The van der Waals surface area contributed by atoms with Gasteiger partial charge in [-0.05, 0) is 49.6 Å². The molecule has 0 bridgehead atoms. The standard InChI is InChI=1S/C29H31NO7/c1-18-14-23(35-17-34-13-12-33-2)26-21(16-25(31)36-24(26)15-18)28-27(20-10-6-7-11-22(20)37-28)30-29(32)19-8-4-3-5-9-19/h6-7,10-11,14-16,19H,3-5,8-9,12-13,17H2,1-2H3,(H,30,32). The highest BCUT2D eigenvalue weighted by Gasteiger charge is 2.26. The minimum atomic E-state index is -0.527. The number of anilines is 1. The van der Waals surface area contributed by atoms with Crippen LogP contribution in [0.4, 0.5) is 5.69 Å². The van der Waals surface area contributed by atoms with Crippen LogP contribution in [-0.4, -0.2) is 33.0 Å². The molecule has 0 unspecified atom stereocenters. The van der Waals surface area contributed by atoms with Gasteiger partial charge in [-0.3, -0.25) is 4.79 Å². The normalized spacial score (nSPS) is 14.3. The largest absolute Gasteiger partial charge is 0.467 e. The van der Waals surface area contributed by atoms with E-state index in [2.05, 4.69) is 5.32 Å². The van der Waals surface area contributed by atoms with E-state index >= 15 is 0 Å². The number of ether oxygens (including phenoxy) is 3. The van der Waals surface area contributed by atoms with Gasteiger partial charge in [-0.15, -0.1) is 0 Å². The second kappa shape index (κ2) is 11.2. The summed E-state index contributed by atoms with van der Waals surface area (Å²) in [5, 5.41) is 4.47. The third-order valence-electron chi connectivity index (χ3n) is 6.75. The van der Waals surface area contributed by atoms with Gasteiger partial charge in [0.2, 0.25) is 5.91 Å². The van der Waals surface area contributed by atoms with Gasteiger partial charge in [-0.1, -0.05) is 31.4 Å². The highest BCUT2D eigenvalue weighted by molar-refractivity contribution is 6.10. The highest BCUT2D eigenvalue weighted by atomic mass is 16.7. The number of furan rings is 1. The van der Waals surface area contributed by atoms with E-state index in [0.29, 0.717) is 52.5 Å². The molecule has 1 saturated carbocycles. The van der Waals surface area contributed by atoms with E-state index in [9.17, 15) is 9.59 Å². The number of aryl methyl sites for hydroxylation is 1. The van der Waals surface area contributed by atoms with Gasteiger partial charge in [0, 0.05) is 30.0 Å². The molecule has 37 heavy (non-hydrogen) atoms. The van der Waals surface area contributed by atoms with Gasteiger partial charge in [-0.2, -0.15) is 0 Å². The number of hydrogen-bond acceptors (Lipinski definition) is 7. The number of carbonyl (C=O) groups is 1. The van der Waals surface area contributed by atoms with Gasteiger partial charge in [-0.25, -0.2) is 4.79 Å². The van der Waals surface area contributed by atoms with E-state index in [1.165, 1.54) is 6.07 Å². The first-order valence-corrected chi connectivity index (χ1v) is 12.7. The van der Waals surface area contributed by atoms with Crippen molar-refractivity contribution in [2.24, 2.45) is 5.92 Å². The summed E-state index contributed by atoms with van der Waals surface area (Å²) in [7, 11) is 1.60. The molecule has 4 aromatic rings. The van der Waals surface area contributed by atoms with Crippen LogP contribution in [0, 0.1) is 12.8 Å². The Labute approximate surface area is 214 Å². The van der Waals surface area contributed by atoms with Gasteiger partial charge in [0.25, 0.3) is 0 Å². The Bertz CT molecular complexity index is 1460. The average molecular weight is 506 g/mol. The maximum atomic E-state index is 13.3. The quantitative estimate of drug-likeness (QED) is 0.168. The highest BCUT2D eigenvalue weighted by Crippen LogP contribution is 2.43. The number of para-hydroxylation sites is 1. The molecule has 2 heterocycles. The predicted octanol–water partition coefficient (Wildman–Crippen LogP) is 6.03. The molecular weight excluding hydrogens is 474 g/mol. The molecule has 0 radical (unpaired) electrons. The summed E-state index contributed by atoms with van der Waals surface area (Å²) in [5.41, 5.74) is 2.32. The van der Waals surface area contributed by atoms with Gasteiger partial charge >= 0.3 is 5.63 Å². The van der Waals surface area contributed by atoms with Gasteiger partial charge < -0.3 is 28.4 Å². The van der Waals surface area contributed by atoms with Crippen LogP contribution in [-0.2, 0) is 14.3 Å². The van der Waals surface area contributed by atoms with Gasteiger partial charge in [0.1, 0.15) is 16.9 Å². The van der Waals surface area contributed by atoms with Crippen molar-refractivity contribution >= 4 is 33.5 Å². The van der Waals surface area contributed by atoms with E-state index in [-0.39, 0.29) is 18.6 Å². The molecule has 8 heteroatoms. The Morgan fingerprint density at radius 1 is 1.03 bits per heavy atom. The topological polar surface area (TPSA) is 100 Å². The summed E-state index contributed by atoms with van der Waals surface area (Å²) in [5.74, 6) is 0.797. The first-order valence-electron chi connectivity index (χ1n) is 12.7. The molecule has 5 rings (SSSR count). The number of hydrogen-bond donors (Lipinski definition) is 1. The molecule has 1 fully saturated rings. The van der Waals surface area contributed by atoms with E-state index in [1.54, 1.807) is 13.2 Å². The monoisotopic (exact) mass is 505 g/mol. The summed E-state index contributed by atoms with van der Waals surface area (Å²) in [6.07, 6.45) is 5.00. The molecule has 1 aliphatic rings. The summed E-state index contributed by atoms with van der Waals surface area (Å²) in [6, 6.07) is 12.5. The first kappa shape index (κ1) is 25.0. The fourth-order valence-corrected chi connectivity index (χ4v) is 4.94. The maximum Gasteiger partial charge on any atom is 0.336 e. The molecule has 2 aromatic carbocycles. The van der Waals surface area contributed by atoms with Crippen molar-refractivity contribution in [3.05, 3.63) is 58.4 Å². The van der Waals surface area contributed by atoms with Crippen molar-refractivity contribution in [2.75, 3.05) is 32.4 Å². The fraction of sp³-hybridized carbons (Fsp3) is 0.379. The van der Waals surface area contributed by atoms with Gasteiger partial charge in [0.05, 0.1) is 24.3 Å². The van der Waals surface area contributed by atoms with Crippen molar-refractivity contribution in [1.82, 2.24) is 0 Å². The molecule has 0 saturated heterocycles. The number of nitrogens with one attached hydrogen (secondary N) is 1. The van der Waals surface area contributed by atoms with E-state index < -0.39 is 5.63 Å². The van der Waals surface area contributed by atoms with Crippen molar-refractivity contribution in [3.8, 4) is 17.1 Å². The van der Waals surface area contributed by atoms with Crippen LogP contribution in [0.3, 0.4) is 0 Å². The summed E-state index contributed by atoms with van der Waals surface area (Å²) in [4.78, 5) is 25.9. The minimum absolute atomic E-state index is 0.00805. The summed E-state index contributed by atoms with van der Waals surface area (Å²) in [6.45, 7) is 2.71. The summed E-state index contributed by atoms with van der Waals surface area (Å²) >= 11 is 0. The van der Waals surface area contributed by atoms with E-state index in [0.717, 1.165) is 43.1 Å². The van der Waals surface area contributed by atoms with Crippen LogP contribution in [0.5, 0.6) is 5.75 Å². The number of fused-ring (bicyclic) bond motifs is 2. The molecule has 0 aliphatic heterocycles. The predicted molar refractivity (Wildman–Crippen MR) is 141 cm³/mol. The van der Waals surface area contributed by atoms with Crippen molar-refractivity contribution < 1.29 is 27.8 Å². The zero-order valence-corrected chi connectivity index (χ0v) is 21.1. The lowest BCUT2D eigenvalue weighted by molar-refractivity contribution is -0.120. The van der Waals surface area contributed by atoms with Gasteiger partial charge in [0.15, 0.2) is 12.6 Å². The van der Waals surface area contributed by atoms with E-state index in [1.807, 2.05) is 37.3 Å². The number of amides is 1. The number of methoxy groups -OCH3 is 1. The Balaban J connectivity index is 1.62. The lowest BCUT2D eigenvalue weighted by Gasteiger charge is -2.21. The smallest absolute Gasteiger partial charge is 0.336 e. The van der Waals surface area contributed by atoms with E-state index in [4.69, 9.17) is 23.0 Å². The lowest BCUT2D eigenvalue weighted by atomic mass is 9.88. The van der Waals surface area contributed by atoms with Crippen molar-refractivity contribution in [1.29, 1.82) is 0 Å². The average Bonchev–Trinajstić information content (AvgIpc) is 3.26. The third kappa shape index (κ3) is 5.40. The molecule has 194 valence electrons. The van der Waals surface area contributed by atoms with Crippen molar-refractivity contribution in [3.63, 3.8) is 0 Å². The molecule has 0 atom stereocenters. The molecular formula is C29H31NO7. The Hall–Kier alpha value is -3.62. The van der Waals surface area contributed by atoms with Crippen LogP contribution in [0.25, 0.3) is 33.3 Å². The van der Waals surface area contributed by atoms with Crippen molar-refractivity contribution in [2.45, 2.75) is 39.0 Å². The SMILES string of the molecule is COCCOCOc1cc(C)cc2oc(=O)cc(-c3oc4ccccc4c3NC(=O)C3CCCCC3)c12. The van der Waals surface area contributed by atoms with Crippen LogP contribution in [0.2, 0.25) is 0 Å². The van der Waals surface area contributed by atoms with Crippen LogP contribution in [0.1, 0.15) is 37.7 Å². The lowest BCUT2D eigenvalue weighted by Crippen LogP contribution is -2.24. The third-order valence-corrected chi connectivity index (χ3v) is 6.75. The molecule has 0 spiro atoms. The Morgan fingerprint density at radius 3 is 2.65 bits per heavy atom. The minimum Gasteiger partial charge on any atom is -0.467 e.